The smallest absolute Gasteiger partial charge is 0.267 e. The van der Waals surface area contributed by atoms with E-state index in [9.17, 15) is 9.59 Å². The second kappa shape index (κ2) is 11.3. The number of hydrazone groups is 1. The van der Waals surface area contributed by atoms with Gasteiger partial charge in [-0.3, -0.25) is 14.2 Å². The summed E-state index contributed by atoms with van der Waals surface area (Å²) in [5.74, 6) is 0.486. The Kier molecular flexibility index (Phi) is 7.71. The molecule has 5 rings (SSSR count). The molecule has 0 spiro atoms. The van der Waals surface area contributed by atoms with Crippen LogP contribution in [0.25, 0.3) is 15.9 Å². The highest BCUT2D eigenvalue weighted by molar-refractivity contribution is 7.99. The number of hydrogen-bond donors (Lipinski definition) is 1. The van der Waals surface area contributed by atoms with E-state index < -0.39 is 0 Å². The average molecular weight is 533 g/mol. The van der Waals surface area contributed by atoms with Gasteiger partial charge in [-0.25, -0.2) is 10.4 Å². The zero-order valence-corrected chi connectivity index (χ0v) is 22.5. The van der Waals surface area contributed by atoms with Crippen LogP contribution >= 0.6 is 23.1 Å². The molecule has 0 saturated heterocycles. The van der Waals surface area contributed by atoms with Gasteiger partial charge in [-0.15, -0.1) is 11.3 Å². The van der Waals surface area contributed by atoms with Crippen LogP contribution in [0.5, 0.6) is 5.75 Å². The number of hydrogen-bond acceptors (Lipinski definition) is 7. The van der Waals surface area contributed by atoms with Gasteiger partial charge < -0.3 is 4.74 Å². The maximum absolute atomic E-state index is 13.8. The number of rotatable bonds is 8. The lowest BCUT2D eigenvalue weighted by atomic mass is 9.97. The summed E-state index contributed by atoms with van der Waals surface area (Å²) in [7, 11) is 0. The molecule has 7 nitrogen and oxygen atoms in total. The zero-order valence-electron chi connectivity index (χ0n) is 20.8. The number of nitrogens with one attached hydrogen (secondary N) is 1. The van der Waals surface area contributed by atoms with E-state index in [1.807, 2.05) is 62.4 Å². The molecule has 0 fully saturated rings. The molecule has 1 amide bonds. The van der Waals surface area contributed by atoms with Crippen molar-refractivity contribution < 1.29 is 9.53 Å². The number of carbonyl (C=O) groups is 1. The van der Waals surface area contributed by atoms with Gasteiger partial charge in [0.1, 0.15) is 10.6 Å². The lowest BCUT2D eigenvalue weighted by Crippen LogP contribution is -2.24. The first-order chi connectivity index (χ1) is 18.0. The summed E-state index contributed by atoms with van der Waals surface area (Å²) in [6.07, 6.45) is 5.71. The molecular weight excluding hydrogens is 504 g/mol. The molecule has 0 radical (unpaired) electrons. The summed E-state index contributed by atoms with van der Waals surface area (Å²) >= 11 is 2.85. The number of para-hydroxylation sites is 1. The third-order valence-electron chi connectivity index (χ3n) is 6.19. The fourth-order valence-corrected chi connectivity index (χ4v) is 6.52. The summed E-state index contributed by atoms with van der Waals surface area (Å²) in [4.78, 5) is 33.3. The van der Waals surface area contributed by atoms with Crippen molar-refractivity contribution in [3.05, 3.63) is 80.5 Å². The lowest BCUT2D eigenvalue weighted by molar-refractivity contribution is -0.118. The SMILES string of the molecule is CCOc1ccccc1/C=N/NC(=O)CSc1nc2sc3c(c2c(=O)n1-c1ccc(C)cc1)CCCC3. The average Bonchev–Trinajstić information content (AvgIpc) is 3.28. The van der Waals surface area contributed by atoms with Crippen LogP contribution < -0.4 is 15.7 Å². The lowest BCUT2D eigenvalue weighted by Gasteiger charge is -2.13. The Morgan fingerprint density at radius 3 is 2.78 bits per heavy atom. The topological polar surface area (TPSA) is 85.6 Å². The summed E-state index contributed by atoms with van der Waals surface area (Å²) in [6.45, 7) is 4.47. The first-order valence-corrected chi connectivity index (χ1v) is 14.2. The minimum absolute atomic E-state index is 0.0679. The maximum Gasteiger partial charge on any atom is 0.267 e. The van der Waals surface area contributed by atoms with Gasteiger partial charge in [0.2, 0.25) is 0 Å². The number of thiophene rings is 1. The number of fused-ring (bicyclic) bond motifs is 3. The highest BCUT2D eigenvalue weighted by Gasteiger charge is 2.23. The number of thioether (sulfide) groups is 1. The molecule has 0 bridgehead atoms. The van der Waals surface area contributed by atoms with Crippen LogP contribution in [0.3, 0.4) is 0 Å². The Labute approximate surface area is 223 Å². The minimum Gasteiger partial charge on any atom is -0.493 e. The molecule has 2 heterocycles. The van der Waals surface area contributed by atoms with E-state index in [4.69, 9.17) is 9.72 Å². The number of aromatic nitrogens is 2. The maximum atomic E-state index is 13.8. The first-order valence-electron chi connectivity index (χ1n) is 12.4. The number of aryl methyl sites for hydroxylation is 3. The predicted octanol–water partition coefficient (Wildman–Crippen LogP) is 5.28. The van der Waals surface area contributed by atoms with Crippen LogP contribution in [0, 0.1) is 6.92 Å². The van der Waals surface area contributed by atoms with E-state index in [-0.39, 0.29) is 17.2 Å². The van der Waals surface area contributed by atoms with Crippen molar-refractivity contribution >= 4 is 45.4 Å². The normalized spacial score (nSPS) is 13.1. The molecule has 1 N–H and O–H groups in total. The number of carbonyl (C=O) groups excluding carboxylic acids is 1. The second-order valence-electron chi connectivity index (χ2n) is 8.81. The van der Waals surface area contributed by atoms with Crippen LogP contribution in [-0.2, 0) is 17.6 Å². The third-order valence-corrected chi connectivity index (χ3v) is 8.32. The number of nitrogens with zero attached hydrogens (tertiary/aromatic N) is 3. The fourth-order valence-electron chi connectivity index (χ4n) is 4.41. The van der Waals surface area contributed by atoms with Crippen LogP contribution in [-0.4, -0.2) is 34.0 Å². The van der Waals surface area contributed by atoms with Gasteiger partial charge in [-0.1, -0.05) is 41.6 Å². The second-order valence-corrected chi connectivity index (χ2v) is 10.8. The monoisotopic (exact) mass is 532 g/mol. The number of benzene rings is 2. The molecule has 190 valence electrons. The van der Waals surface area contributed by atoms with Gasteiger partial charge in [0.15, 0.2) is 5.16 Å². The Balaban J connectivity index is 1.40. The molecule has 1 aliphatic carbocycles. The van der Waals surface area contributed by atoms with Crippen LogP contribution in [0.4, 0.5) is 0 Å². The first kappa shape index (κ1) is 25.2. The highest BCUT2D eigenvalue weighted by atomic mass is 32.2. The molecule has 2 aromatic heterocycles. The van der Waals surface area contributed by atoms with Gasteiger partial charge in [0, 0.05) is 10.4 Å². The van der Waals surface area contributed by atoms with Crippen molar-refractivity contribution in [2.75, 3.05) is 12.4 Å². The van der Waals surface area contributed by atoms with Gasteiger partial charge in [-0.05, 0) is 69.4 Å². The van der Waals surface area contributed by atoms with Crippen molar-refractivity contribution in [1.82, 2.24) is 15.0 Å². The van der Waals surface area contributed by atoms with Crippen LogP contribution in [0.15, 0.2) is 63.6 Å². The molecule has 1 aliphatic rings. The number of amides is 1. The Morgan fingerprint density at radius 1 is 1.19 bits per heavy atom. The Morgan fingerprint density at radius 2 is 1.97 bits per heavy atom. The molecule has 0 unspecified atom stereocenters. The Bertz CT molecular complexity index is 1520. The molecule has 0 saturated carbocycles. The summed E-state index contributed by atoms with van der Waals surface area (Å²) in [5, 5.41) is 5.32. The van der Waals surface area contributed by atoms with Gasteiger partial charge in [-0.2, -0.15) is 5.10 Å². The van der Waals surface area contributed by atoms with E-state index in [2.05, 4.69) is 10.5 Å². The van der Waals surface area contributed by atoms with Crippen molar-refractivity contribution in [3.8, 4) is 11.4 Å². The summed E-state index contributed by atoms with van der Waals surface area (Å²) in [6, 6.07) is 15.3. The molecule has 2 aromatic carbocycles. The van der Waals surface area contributed by atoms with E-state index in [0.717, 1.165) is 58.3 Å². The molecule has 4 aromatic rings. The molecule has 37 heavy (non-hydrogen) atoms. The van der Waals surface area contributed by atoms with Crippen molar-refractivity contribution in [1.29, 1.82) is 0 Å². The molecule has 0 atom stereocenters. The zero-order chi connectivity index (χ0) is 25.8. The standard InChI is InChI=1S/C28H28N4O3S2/c1-3-35-22-10-6-4-8-19(22)16-29-31-24(33)17-36-28-30-26-25(21-9-5-7-11-23(21)37-26)27(34)32(28)20-14-12-18(2)13-15-20/h4,6,8,10,12-16H,3,5,7,9,11,17H2,1-2H3,(H,31,33)/b29-16+. The van der Waals surface area contributed by atoms with E-state index >= 15 is 0 Å². The quantitative estimate of drug-likeness (QED) is 0.145. The van der Waals surface area contributed by atoms with Gasteiger partial charge in [0.25, 0.3) is 11.5 Å². The van der Waals surface area contributed by atoms with Crippen molar-refractivity contribution in [3.63, 3.8) is 0 Å². The summed E-state index contributed by atoms with van der Waals surface area (Å²) in [5.41, 5.74) is 6.29. The molecule has 9 heteroatoms. The largest absolute Gasteiger partial charge is 0.493 e. The van der Waals surface area contributed by atoms with Crippen LogP contribution in [0.1, 0.15) is 41.3 Å². The van der Waals surface area contributed by atoms with Gasteiger partial charge in [0.05, 0.1) is 29.6 Å². The van der Waals surface area contributed by atoms with Crippen molar-refractivity contribution in [2.45, 2.75) is 44.7 Å². The Hall–Kier alpha value is -3.43. The third kappa shape index (κ3) is 5.47. The van der Waals surface area contributed by atoms with Gasteiger partial charge >= 0.3 is 0 Å². The van der Waals surface area contributed by atoms with Crippen LogP contribution in [0.2, 0.25) is 0 Å². The van der Waals surface area contributed by atoms with Crippen molar-refractivity contribution in [2.24, 2.45) is 5.10 Å². The van der Waals surface area contributed by atoms with E-state index in [1.54, 1.807) is 22.1 Å². The fraction of sp³-hybridized carbons (Fsp3) is 0.286. The van der Waals surface area contributed by atoms with E-state index in [1.165, 1.54) is 16.6 Å². The summed E-state index contributed by atoms with van der Waals surface area (Å²) < 4.78 is 7.23. The predicted molar refractivity (Wildman–Crippen MR) is 151 cm³/mol. The molecule has 0 aliphatic heterocycles. The minimum atomic E-state index is -0.287. The number of ether oxygens (including phenoxy) is 1. The van der Waals surface area contributed by atoms with E-state index in [0.29, 0.717) is 17.5 Å². The highest BCUT2D eigenvalue weighted by Crippen LogP contribution is 2.35. The molecular formula is C28H28N4O3S2.